The fourth-order valence-corrected chi connectivity index (χ4v) is 1.72. The minimum Gasteiger partial charge on any atom is -0.396 e. The van der Waals surface area contributed by atoms with Crippen LogP contribution in [0.5, 0.6) is 0 Å². The zero-order chi connectivity index (χ0) is 11.4. The largest absolute Gasteiger partial charge is 0.411 e. The number of aliphatic hydroxyl groups is 1. The smallest absolute Gasteiger partial charge is 0.396 e. The van der Waals surface area contributed by atoms with Crippen LogP contribution in [0.25, 0.3) is 0 Å². The molecule has 1 atom stereocenters. The predicted octanol–water partition coefficient (Wildman–Crippen LogP) is 0.927. The van der Waals surface area contributed by atoms with Gasteiger partial charge in [-0.3, -0.25) is 0 Å². The molecule has 6 heteroatoms. The van der Waals surface area contributed by atoms with Crippen LogP contribution in [-0.2, 0) is 4.74 Å². The number of aliphatic hydroxyl groups excluding tert-OH is 1. The predicted molar refractivity (Wildman–Crippen MR) is 48.5 cm³/mol. The lowest BCUT2D eigenvalue weighted by molar-refractivity contribution is -0.183. The molecule has 2 N–H and O–H groups in total. The second kappa shape index (κ2) is 5.14. The second-order valence-corrected chi connectivity index (χ2v) is 4.05. The number of alkyl halides is 3. The van der Waals surface area contributed by atoms with E-state index in [0.29, 0.717) is 13.0 Å². The zero-order valence-corrected chi connectivity index (χ0v) is 8.44. The van der Waals surface area contributed by atoms with E-state index in [-0.39, 0.29) is 13.2 Å². The summed E-state index contributed by atoms with van der Waals surface area (Å²) < 4.78 is 40.1. The van der Waals surface area contributed by atoms with E-state index in [9.17, 15) is 13.2 Å². The van der Waals surface area contributed by atoms with Crippen molar-refractivity contribution < 1.29 is 23.0 Å². The first-order chi connectivity index (χ1) is 6.97. The van der Waals surface area contributed by atoms with Gasteiger partial charge in [-0.2, -0.15) is 13.2 Å². The molecule has 1 aliphatic heterocycles. The Morgan fingerprint density at radius 1 is 1.40 bits per heavy atom. The lowest BCUT2D eigenvalue weighted by atomic mass is 9.82. The highest BCUT2D eigenvalue weighted by Gasteiger charge is 2.34. The Kier molecular flexibility index (Phi) is 4.36. The Hall–Kier alpha value is -0.330. The lowest BCUT2D eigenvalue weighted by Gasteiger charge is -2.35. The summed E-state index contributed by atoms with van der Waals surface area (Å²) in [4.78, 5) is 0. The maximum atomic E-state index is 11.8. The van der Waals surface area contributed by atoms with Gasteiger partial charge in [0.05, 0.1) is 13.2 Å². The summed E-state index contributed by atoms with van der Waals surface area (Å²) in [6.07, 6.45) is -2.73. The molecule has 0 aliphatic carbocycles. The van der Waals surface area contributed by atoms with Crippen LogP contribution in [-0.4, -0.2) is 44.2 Å². The third kappa shape index (κ3) is 4.36. The van der Waals surface area contributed by atoms with Gasteiger partial charge in [0, 0.05) is 12.0 Å². The molecule has 15 heavy (non-hydrogen) atoms. The van der Waals surface area contributed by atoms with Gasteiger partial charge in [-0.25, -0.2) is 0 Å². The summed E-state index contributed by atoms with van der Waals surface area (Å²) in [6.45, 7) is -0.0645. The van der Waals surface area contributed by atoms with Crippen molar-refractivity contribution in [1.29, 1.82) is 0 Å². The molecule has 1 rings (SSSR count). The van der Waals surface area contributed by atoms with E-state index in [1.165, 1.54) is 0 Å². The first-order valence-electron chi connectivity index (χ1n) is 4.94. The molecule has 90 valence electrons. The summed E-state index contributed by atoms with van der Waals surface area (Å²) in [5.41, 5.74) is -0.538. The highest BCUT2D eigenvalue weighted by Crippen LogP contribution is 2.26. The third-order valence-electron chi connectivity index (χ3n) is 2.57. The molecule has 0 aromatic rings. The molecule has 0 radical (unpaired) electrons. The minimum absolute atomic E-state index is 0.0456. The van der Waals surface area contributed by atoms with E-state index in [1.54, 1.807) is 0 Å². The molecule has 3 nitrogen and oxygen atoms in total. The van der Waals surface area contributed by atoms with Gasteiger partial charge in [0.1, 0.15) is 6.61 Å². The Morgan fingerprint density at radius 2 is 2.13 bits per heavy atom. The first kappa shape index (κ1) is 12.7. The van der Waals surface area contributed by atoms with Crippen molar-refractivity contribution in [1.82, 2.24) is 5.32 Å². The van der Waals surface area contributed by atoms with Gasteiger partial charge in [0.2, 0.25) is 0 Å². The van der Waals surface area contributed by atoms with Crippen molar-refractivity contribution in [3.8, 4) is 0 Å². The zero-order valence-electron chi connectivity index (χ0n) is 8.44. The molecule has 0 aromatic heterocycles. The maximum Gasteiger partial charge on any atom is 0.411 e. The van der Waals surface area contributed by atoms with Crippen molar-refractivity contribution in [2.24, 2.45) is 5.41 Å². The van der Waals surface area contributed by atoms with Gasteiger partial charge in [0.15, 0.2) is 0 Å². The molecule has 1 aliphatic rings. The van der Waals surface area contributed by atoms with Crippen molar-refractivity contribution in [2.75, 3.05) is 32.9 Å². The van der Waals surface area contributed by atoms with E-state index in [1.807, 2.05) is 0 Å². The fraction of sp³-hybridized carbons (Fsp3) is 1.00. The second-order valence-electron chi connectivity index (χ2n) is 4.05. The summed E-state index contributed by atoms with van der Waals surface area (Å²) in [6, 6.07) is 0. The van der Waals surface area contributed by atoms with Gasteiger partial charge < -0.3 is 15.2 Å². The molecule has 1 heterocycles. The number of nitrogens with one attached hydrogen (secondary N) is 1. The van der Waals surface area contributed by atoms with E-state index in [4.69, 9.17) is 5.11 Å². The van der Waals surface area contributed by atoms with Crippen molar-refractivity contribution in [2.45, 2.75) is 19.0 Å². The summed E-state index contributed by atoms with van der Waals surface area (Å²) in [7, 11) is 0. The van der Waals surface area contributed by atoms with Gasteiger partial charge in [-0.15, -0.1) is 0 Å². The molecule has 0 amide bonds. The van der Waals surface area contributed by atoms with Gasteiger partial charge in [-0.05, 0) is 19.4 Å². The number of ether oxygens (including phenoxy) is 1. The highest BCUT2D eigenvalue weighted by atomic mass is 19.4. The quantitative estimate of drug-likeness (QED) is 0.750. The SMILES string of the molecule is OCC1(COCC(F)(F)F)CCCNC1. The Labute approximate surface area is 86.6 Å². The normalized spacial score (nSPS) is 28.0. The molecule has 0 bridgehead atoms. The van der Waals surface area contributed by atoms with E-state index < -0.39 is 18.2 Å². The van der Waals surface area contributed by atoms with Crippen LogP contribution in [0.15, 0.2) is 0 Å². The first-order valence-corrected chi connectivity index (χ1v) is 4.94. The Balaban J connectivity index is 2.33. The van der Waals surface area contributed by atoms with Gasteiger partial charge in [0.25, 0.3) is 0 Å². The van der Waals surface area contributed by atoms with E-state index in [2.05, 4.69) is 10.1 Å². The topological polar surface area (TPSA) is 41.5 Å². The van der Waals surface area contributed by atoms with Crippen molar-refractivity contribution >= 4 is 0 Å². The van der Waals surface area contributed by atoms with Crippen LogP contribution in [0.1, 0.15) is 12.8 Å². The Bertz CT molecular complexity index is 190. The number of rotatable bonds is 4. The summed E-state index contributed by atoms with van der Waals surface area (Å²) in [5, 5.41) is 12.2. The number of halogens is 3. The van der Waals surface area contributed by atoms with E-state index in [0.717, 1.165) is 13.0 Å². The molecule has 1 fully saturated rings. The monoisotopic (exact) mass is 227 g/mol. The lowest BCUT2D eigenvalue weighted by Crippen LogP contribution is -2.46. The minimum atomic E-state index is -4.29. The van der Waals surface area contributed by atoms with Gasteiger partial charge >= 0.3 is 6.18 Å². The molecule has 0 saturated carbocycles. The average Bonchev–Trinajstić information content (AvgIpc) is 2.17. The van der Waals surface area contributed by atoms with Crippen LogP contribution in [0.2, 0.25) is 0 Å². The third-order valence-corrected chi connectivity index (χ3v) is 2.57. The van der Waals surface area contributed by atoms with Crippen molar-refractivity contribution in [3.63, 3.8) is 0 Å². The number of hydrogen-bond acceptors (Lipinski definition) is 3. The van der Waals surface area contributed by atoms with Gasteiger partial charge in [-0.1, -0.05) is 0 Å². The molecule has 1 unspecified atom stereocenters. The maximum absolute atomic E-state index is 11.8. The average molecular weight is 227 g/mol. The van der Waals surface area contributed by atoms with Crippen LogP contribution in [0.3, 0.4) is 0 Å². The molecular formula is C9H16F3NO2. The van der Waals surface area contributed by atoms with E-state index >= 15 is 0 Å². The summed E-state index contributed by atoms with van der Waals surface area (Å²) >= 11 is 0. The highest BCUT2D eigenvalue weighted by molar-refractivity contribution is 4.84. The van der Waals surface area contributed by atoms with Crippen LogP contribution < -0.4 is 5.32 Å². The van der Waals surface area contributed by atoms with Crippen molar-refractivity contribution in [3.05, 3.63) is 0 Å². The Morgan fingerprint density at radius 3 is 2.60 bits per heavy atom. The number of hydrogen-bond donors (Lipinski definition) is 2. The molecular weight excluding hydrogens is 211 g/mol. The number of piperidine rings is 1. The summed E-state index contributed by atoms with van der Waals surface area (Å²) in [5.74, 6) is 0. The standard InChI is InChI=1S/C9H16F3NO2/c10-9(11,12)7-15-6-8(5-14)2-1-3-13-4-8/h13-14H,1-7H2. The van der Waals surface area contributed by atoms with Crippen LogP contribution >= 0.6 is 0 Å². The molecule has 1 saturated heterocycles. The van der Waals surface area contributed by atoms with Crippen LogP contribution in [0, 0.1) is 5.41 Å². The van der Waals surface area contributed by atoms with Crippen LogP contribution in [0.4, 0.5) is 13.2 Å². The fourth-order valence-electron chi connectivity index (χ4n) is 1.72. The molecule has 0 spiro atoms. The molecule has 0 aromatic carbocycles.